The summed E-state index contributed by atoms with van der Waals surface area (Å²) in [5.41, 5.74) is 0.566. The lowest BCUT2D eigenvalue weighted by atomic mass is 9.52. The molecule has 0 atom stereocenters. The van der Waals surface area contributed by atoms with Crippen LogP contribution in [0.4, 0.5) is 0 Å². The van der Waals surface area contributed by atoms with Gasteiger partial charge in [0.05, 0.1) is 12.1 Å². The Morgan fingerprint density at radius 3 is 2.42 bits per heavy atom. The Kier molecular flexibility index (Phi) is 2.47. The number of aromatic nitrogens is 1. The molecule has 1 N–H and O–H groups in total. The van der Waals surface area contributed by atoms with Crippen molar-refractivity contribution in [2.45, 2.75) is 44.4 Å². The molecule has 4 aliphatic rings. The monoisotopic (exact) mass is 261 g/mol. The zero-order valence-electron chi connectivity index (χ0n) is 10.9. The van der Waals surface area contributed by atoms with E-state index in [4.69, 9.17) is 9.52 Å². The summed E-state index contributed by atoms with van der Waals surface area (Å²) in [6.07, 6.45) is 8.26. The van der Waals surface area contributed by atoms with Gasteiger partial charge in [-0.15, -0.1) is 0 Å². The lowest BCUT2D eigenvalue weighted by molar-refractivity contribution is -0.136. The molecular weight excluding hydrogens is 242 g/mol. The molecule has 0 spiro atoms. The molecule has 0 saturated heterocycles. The van der Waals surface area contributed by atoms with Gasteiger partial charge < -0.3 is 9.52 Å². The second-order valence-electron chi connectivity index (χ2n) is 6.70. The minimum Gasteiger partial charge on any atom is -0.481 e. The summed E-state index contributed by atoms with van der Waals surface area (Å²) in [6, 6.07) is 0. The third-order valence-corrected chi connectivity index (χ3v) is 5.41. The topological polar surface area (TPSA) is 63.3 Å². The molecule has 4 bridgehead atoms. The van der Waals surface area contributed by atoms with E-state index in [-0.39, 0.29) is 6.42 Å². The van der Waals surface area contributed by atoms with E-state index in [9.17, 15) is 4.79 Å². The molecule has 0 aliphatic heterocycles. The number of nitrogens with zero attached hydrogens (tertiary/aromatic N) is 1. The molecule has 0 radical (unpaired) electrons. The van der Waals surface area contributed by atoms with Crippen LogP contribution >= 0.6 is 0 Å². The number of carboxylic acids is 1. The standard InChI is InChI=1S/C15H19NO3/c17-13(18)6-12-7-19-15(16-12)14-10-2-8-1-9(4-10)5-11(14)3-8/h7-11,14H,1-6H2,(H,17,18). The molecule has 4 heteroatoms. The molecule has 4 saturated carbocycles. The first-order chi connectivity index (χ1) is 9.19. The van der Waals surface area contributed by atoms with Gasteiger partial charge in [-0.3, -0.25) is 4.79 Å². The summed E-state index contributed by atoms with van der Waals surface area (Å²) in [5.74, 6) is 3.75. The van der Waals surface area contributed by atoms with E-state index in [0.717, 1.165) is 29.6 Å². The van der Waals surface area contributed by atoms with E-state index in [0.29, 0.717) is 11.6 Å². The zero-order valence-corrected chi connectivity index (χ0v) is 10.9. The maximum absolute atomic E-state index is 10.7. The van der Waals surface area contributed by atoms with Gasteiger partial charge in [-0.2, -0.15) is 0 Å². The zero-order chi connectivity index (χ0) is 13.0. The molecule has 0 amide bonds. The number of aliphatic carboxylic acids is 1. The summed E-state index contributed by atoms with van der Waals surface area (Å²) < 4.78 is 5.62. The van der Waals surface area contributed by atoms with E-state index in [2.05, 4.69) is 4.98 Å². The lowest BCUT2D eigenvalue weighted by Gasteiger charge is -2.53. The van der Waals surface area contributed by atoms with E-state index in [1.54, 1.807) is 0 Å². The Labute approximate surface area is 112 Å². The Balaban J connectivity index is 1.58. The van der Waals surface area contributed by atoms with Gasteiger partial charge in [0.1, 0.15) is 6.26 Å². The summed E-state index contributed by atoms with van der Waals surface area (Å²) in [4.78, 5) is 15.2. The number of hydrogen-bond donors (Lipinski definition) is 1. The molecule has 1 aromatic heterocycles. The van der Waals surface area contributed by atoms with Gasteiger partial charge in [-0.1, -0.05) is 0 Å². The van der Waals surface area contributed by atoms with Crippen LogP contribution < -0.4 is 0 Å². The van der Waals surface area contributed by atoms with Crippen LogP contribution in [0.15, 0.2) is 10.7 Å². The lowest BCUT2D eigenvalue weighted by Crippen LogP contribution is -2.43. The number of carbonyl (C=O) groups is 1. The first-order valence-corrected chi connectivity index (χ1v) is 7.35. The van der Waals surface area contributed by atoms with Crippen molar-refractivity contribution in [2.75, 3.05) is 0 Å². The van der Waals surface area contributed by atoms with Crippen LogP contribution in [0.2, 0.25) is 0 Å². The first kappa shape index (κ1) is 11.5. The van der Waals surface area contributed by atoms with Crippen LogP contribution in [-0.2, 0) is 11.2 Å². The molecule has 102 valence electrons. The molecule has 0 unspecified atom stereocenters. The fourth-order valence-electron chi connectivity index (χ4n) is 5.04. The quantitative estimate of drug-likeness (QED) is 0.908. The molecular formula is C15H19NO3. The van der Waals surface area contributed by atoms with E-state index in [1.165, 1.54) is 38.4 Å². The Morgan fingerprint density at radius 1 is 1.21 bits per heavy atom. The minimum atomic E-state index is -0.843. The van der Waals surface area contributed by atoms with Crippen LogP contribution in [0.5, 0.6) is 0 Å². The first-order valence-electron chi connectivity index (χ1n) is 7.35. The largest absolute Gasteiger partial charge is 0.481 e. The SMILES string of the molecule is O=C(O)Cc1coc(C2C3CC4CC(C3)CC2C4)n1. The predicted octanol–water partition coefficient (Wildman–Crippen LogP) is 2.84. The minimum absolute atomic E-state index is 0.0309. The molecule has 5 rings (SSSR count). The van der Waals surface area contributed by atoms with Gasteiger partial charge in [0, 0.05) is 5.92 Å². The normalized spacial score (nSPS) is 39.7. The van der Waals surface area contributed by atoms with E-state index >= 15 is 0 Å². The molecule has 19 heavy (non-hydrogen) atoms. The van der Waals surface area contributed by atoms with Crippen LogP contribution in [0.3, 0.4) is 0 Å². The van der Waals surface area contributed by atoms with Crippen LogP contribution in [-0.4, -0.2) is 16.1 Å². The van der Waals surface area contributed by atoms with Crippen LogP contribution in [0.1, 0.15) is 49.6 Å². The highest BCUT2D eigenvalue weighted by Gasteiger charge is 2.50. The highest BCUT2D eigenvalue weighted by molar-refractivity contribution is 5.69. The number of rotatable bonds is 3. The summed E-state index contributed by atoms with van der Waals surface area (Å²) in [5, 5.41) is 8.81. The maximum Gasteiger partial charge on any atom is 0.309 e. The Morgan fingerprint density at radius 2 is 1.84 bits per heavy atom. The van der Waals surface area contributed by atoms with Crippen LogP contribution in [0, 0.1) is 23.7 Å². The van der Waals surface area contributed by atoms with Crippen molar-refractivity contribution in [3.63, 3.8) is 0 Å². The fourth-order valence-corrected chi connectivity index (χ4v) is 5.04. The van der Waals surface area contributed by atoms with Gasteiger partial charge in [-0.05, 0) is 55.8 Å². The molecule has 1 heterocycles. The van der Waals surface area contributed by atoms with E-state index < -0.39 is 5.97 Å². The predicted molar refractivity (Wildman–Crippen MR) is 67.6 cm³/mol. The van der Waals surface area contributed by atoms with Gasteiger partial charge >= 0.3 is 5.97 Å². The number of hydrogen-bond acceptors (Lipinski definition) is 3. The van der Waals surface area contributed by atoms with Crippen molar-refractivity contribution in [3.8, 4) is 0 Å². The summed E-state index contributed by atoms with van der Waals surface area (Å²) in [6.45, 7) is 0. The summed E-state index contributed by atoms with van der Waals surface area (Å²) in [7, 11) is 0. The average Bonchev–Trinajstić information content (AvgIpc) is 2.75. The molecule has 4 fully saturated rings. The Bertz CT molecular complexity index is 479. The molecule has 1 aromatic rings. The third-order valence-electron chi connectivity index (χ3n) is 5.41. The highest BCUT2D eigenvalue weighted by atomic mass is 16.4. The van der Waals surface area contributed by atoms with Crippen LogP contribution in [0.25, 0.3) is 0 Å². The smallest absolute Gasteiger partial charge is 0.309 e. The molecule has 4 aliphatic carbocycles. The Hall–Kier alpha value is -1.32. The van der Waals surface area contributed by atoms with Crippen molar-refractivity contribution in [3.05, 3.63) is 17.8 Å². The molecule has 4 nitrogen and oxygen atoms in total. The van der Waals surface area contributed by atoms with Crippen molar-refractivity contribution in [2.24, 2.45) is 23.7 Å². The second-order valence-corrected chi connectivity index (χ2v) is 6.70. The van der Waals surface area contributed by atoms with E-state index in [1.807, 2.05) is 0 Å². The van der Waals surface area contributed by atoms with Gasteiger partial charge in [0.2, 0.25) is 0 Å². The molecule has 0 aromatic carbocycles. The van der Waals surface area contributed by atoms with Crippen molar-refractivity contribution >= 4 is 5.97 Å². The highest BCUT2D eigenvalue weighted by Crippen LogP contribution is 2.59. The third kappa shape index (κ3) is 1.88. The van der Waals surface area contributed by atoms with Gasteiger partial charge in [-0.25, -0.2) is 4.98 Å². The van der Waals surface area contributed by atoms with Gasteiger partial charge in [0.15, 0.2) is 5.89 Å². The second kappa shape index (κ2) is 4.09. The maximum atomic E-state index is 10.7. The number of carboxylic acid groups (broad SMARTS) is 1. The van der Waals surface area contributed by atoms with Crippen molar-refractivity contribution < 1.29 is 14.3 Å². The van der Waals surface area contributed by atoms with Crippen molar-refractivity contribution in [1.29, 1.82) is 0 Å². The fraction of sp³-hybridized carbons (Fsp3) is 0.733. The average molecular weight is 261 g/mol. The number of oxazole rings is 1. The summed E-state index contributed by atoms with van der Waals surface area (Å²) >= 11 is 0. The van der Waals surface area contributed by atoms with Gasteiger partial charge in [0.25, 0.3) is 0 Å². The van der Waals surface area contributed by atoms with Crippen molar-refractivity contribution in [1.82, 2.24) is 4.98 Å².